The van der Waals surface area contributed by atoms with Crippen LogP contribution in [0.5, 0.6) is 5.75 Å². The standard InChI is InChI=1S/C16H6BrF19N2O/c17-6-4(38)1-3(37)2-5(6)39-8(19)7(18)9(20,21)10(22,23)11(24,25)12(26,27)13(28,29)14(30,31)15(32,33)16(34,35)36/h1-2H,37-38H2. The zero-order chi connectivity index (χ0) is 31.6. The summed E-state index contributed by atoms with van der Waals surface area (Å²) in [6.45, 7) is 0. The Morgan fingerprint density at radius 1 is 0.590 bits per heavy atom. The number of hydrogen-bond donors (Lipinski definition) is 2. The minimum absolute atomic E-state index is 0.371. The van der Waals surface area contributed by atoms with Gasteiger partial charge in [0.15, 0.2) is 0 Å². The van der Waals surface area contributed by atoms with Crippen LogP contribution in [0.4, 0.5) is 94.8 Å². The molecule has 0 amide bonds. The lowest BCUT2D eigenvalue weighted by Crippen LogP contribution is -2.74. The number of anilines is 2. The summed E-state index contributed by atoms with van der Waals surface area (Å²) in [5.74, 6) is -65.9. The largest absolute Gasteiger partial charge is 0.460 e. The highest BCUT2D eigenvalue weighted by atomic mass is 79.9. The van der Waals surface area contributed by atoms with Crippen LogP contribution in [-0.2, 0) is 0 Å². The highest BCUT2D eigenvalue weighted by molar-refractivity contribution is 9.10. The summed E-state index contributed by atoms with van der Waals surface area (Å²) < 4.78 is 255. The number of ether oxygens (including phenoxy) is 1. The van der Waals surface area contributed by atoms with E-state index < -0.39 is 81.1 Å². The second-order valence-corrected chi connectivity index (χ2v) is 7.92. The first-order valence-electron chi connectivity index (χ1n) is 8.67. The number of nitrogens with two attached hydrogens (primary N) is 2. The van der Waals surface area contributed by atoms with Crippen LogP contribution in [0.25, 0.3) is 0 Å². The summed E-state index contributed by atoms with van der Waals surface area (Å²) in [5.41, 5.74) is 9.25. The Bertz CT molecular complexity index is 1130. The maximum Gasteiger partial charge on any atom is 0.460 e. The van der Waals surface area contributed by atoms with E-state index in [9.17, 15) is 83.4 Å². The molecule has 1 rings (SSSR count). The lowest BCUT2D eigenvalue weighted by atomic mass is 9.88. The molecule has 0 saturated carbocycles. The molecule has 0 unspecified atom stereocenters. The third kappa shape index (κ3) is 4.87. The van der Waals surface area contributed by atoms with E-state index in [1.807, 2.05) is 0 Å². The maximum absolute atomic E-state index is 13.8. The molecule has 0 atom stereocenters. The predicted octanol–water partition coefficient (Wildman–Crippen LogP) is 8.11. The number of alkyl halides is 17. The molecule has 0 heterocycles. The molecule has 23 heteroatoms. The summed E-state index contributed by atoms with van der Waals surface area (Å²) in [7, 11) is 0. The first kappa shape index (κ1) is 34.5. The minimum atomic E-state index is -8.95. The molecule has 0 radical (unpaired) electrons. The van der Waals surface area contributed by atoms with Crippen LogP contribution in [0.1, 0.15) is 0 Å². The molecular weight excluding hydrogens is 677 g/mol. The third-order valence-corrected chi connectivity index (χ3v) is 5.31. The van der Waals surface area contributed by atoms with Gasteiger partial charge in [0.05, 0.1) is 10.2 Å². The van der Waals surface area contributed by atoms with Crippen LogP contribution in [0, 0.1) is 0 Å². The molecule has 0 bridgehead atoms. The van der Waals surface area contributed by atoms with Crippen LogP contribution in [-0.4, -0.2) is 47.6 Å². The van der Waals surface area contributed by atoms with Gasteiger partial charge in [-0.15, -0.1) is 0 Å². The van der Waals surface area contributed by atoms with Gasteiger partial charge in [0.2, 0.25) is 5.83 Å². The van der Waals surface area contributed by atoms with Crippen LogP contribution >= 0.6 is 15.9 Å². The van der Waals surface area contributed by atoms with Crippen molar-refractivity contribution in [3.63, 3.8) is 0 Å². The molecule has 226 valence electrons. The predicted molar refractivity (Wildman–Crippen MR) is 93.5 cm³/mol. The second-order valence-electron chi connectivity index (χ2n) is 7.13. The number of benzene rings is 1. The fourth-order valence-electron chi connectivity index (χ4n) is 2.28. The maximum atomic E-state index is 13.8. The second kappa shape index (κ2) is 9.56. The molecule has 0 spiro atoms. The molecule has 0 aliphatic carbocycles. The fraction of sp³-hybridized carbons (Fsp3) is 0.500. The summed E-state index contributed by atoms with van der Waals surface area (Å²) >= 11 is 2.44. The van der Waals surface area contributed by atoms with E-state index in [2.05, 4.69) is 20.7 Å². The molecule has 0 aromatic heterocycles. The van der Waals surface area contributed by atoms with Gasteiger partial charge in [0.1, 0.15) is 5.75 Å². The van der Waals surface area contributed by atoms with Crippen LogP contribution in [0.2, 0.25) is 0 Å². The van der Waals surface area contributed by atoms with Gasteiger partial charge in [-0.3, -0.25) is 0 Å². The van der Waals surface area contributed by atoms with Gasteiger partial charge in [-0.05, 0) is 22.0 Å². The van der Waals surface area contributed by atoms with E-state index in [1.54, 1.807) is 0 Å². The number of nitrogen functional groups attached to an aromatic ring is 2. The average molecular weight is 683 g/mol. The monoisotopic (exact) mass is 682 g/mol. The van der Waals surface area contributed by atoms with Crippen LogP contribution in [0.3, 0.4) is 0 Å². The van der Waals surface area contributed by atoms with E-state index in [-0.39, 0.29) is 0 Å². The van der Waals surface area contributed by atoms with Crippen molar-refractivity contribution in [2.45, 2.75) is 47.6 Å². The molecule has 0 fully saturated rings. The van der Waals surface area contributed by atoms with E-state index in [0.29, 0.717) is 6.07 Å². The average Bonchev–Trinajstić information content (AvgIpc) is 2.74. The first-order chi connectivity index (χ1) is 16.9. The van der Waals surface area contributed by atoms with Gasteiger partial charge < -0.3 is 16.2 Å². The van der Waals surface area contributed by atoms with Gasteiger partial charge in [-0.2, -0.15) is 83.4 Å². The van der Waals surface area contributed by atoms with Crippen molar-refractivity contribution in [1.29, 1.82) is 0 Å². The number of allylic oxidation sites excluding steroid dienone is 1. The quantitative estimate of drug-likeness (QED) is 0.157. The molecule has 4 N–H and O–H groups in total. The van der Waals surface area contributed by atoms with Crippen LogP contribution < -0.4 is 16.2 Å². The molecular formula is C16H6BrF19N2O. The summed E-state index contributed by atoms with van der Waals surface area (Å²) in [4.78, 5) is 0. The highest BCUT2D eigenvalue weighted by Crippen LogP contribution is 2.64. The molecule has 0 saturated heterocycles. The van der Waals surface area contributed by atoms with Crippen molar-refractivity contribution in [3.8, 4) is 5.75 Å². The first-order valence-corrected chi connectivity index (χ1v) is 9.46. The summed E-state index contributed by atoms with van der Waals surface area (Å²) in [6.07, 6.45) is -7.93. The molecule has 0 aliphatic rings. The Morgan fingerprint density at radius 3 is 1.33 bits per heavy atom. The third-order valence-electron chi connectivity index (χ3n) is 4.46. The van der Waals surface area contributed by atoms with E-state index in [0.717, 1.165) is 6.07 Å². The zero-order valence-electron chi connectivity index (χ0n) is 17.3. The van der Waals surface area contributed by atoms with E-state index in [4.69, 9.17) is 11.5 Å². The van der Waals surface area contributed by atoms with Gasteiger partial charge in [-0.1, -0.05) is 0 Å². The smallest absolute Gasteiger partial charge is 0.428 e. The molecule has 0 aliphatic heterocycles. The van der Waals surface area contributed by atoms with Gasteiger partial charge >= 0.3 is 53.6 Å². The molecule has 3 nitrogen and oxygen atoms in total. The van der Waals surface area contributed by atoms with Crippen LogP contribution in [0.15, 0.2) is 28.4 Å². The van der Waals surface area contributed by atoms with Crippen molar-refractivity contribution in [2.24, 2.45) is 0 Å². The van der Waals surface area contributed by atoms with Gasteiger partial charge in [0.25, 0.3) is 0 Å². The van der Waals surface area contributed by atoms with Crippen molar-refractivity contribution in [2.75, 3.05) is 11.5 Å². The number of hydrogen-bond acceptors (Lipinski definition) is 3. The lowest BCUT2D eigenvalue weighted by molar-refractivity contribution is -0.460. The highest BCUT2D eigenvalue weighted by Gasteiger charge is 2.95. The number of halogens is 20. The van der Waals surface area contributed by atoms with Gasteiger partial charge in [-0.25, -0.2) is 0 Å². The Kier molecular flexibility index (Phi) is 8.47. The topological polar surface area (TPSA) is 61.3 Å². The van der Waals surface area contributed by atoms with E-state index in [1.165, 1.54) is 0 Å². The fourth-order valence-corrected chi connectivity index (χ4v) is 2.59. The van der Waals surface area contributed by atoms with Crippen molar-refractivity contribution < 1.29 is 88.2 Å². The van der Waals surface area contributed by atoms with Gasteiger partial charge in [0, 0.05) is 11.8 Å². The Morgan fingerprint density at radius 2 is 0.949 bits per heavy atom. The Balaban J connectivity index is 3.72. The van der Waals surface area contributed by atoms with Crippen molar-refractivity contribution in [3.05, 3.63) is 28.4 Å². The lowest BCUT2D eigenvalue weighted by Gasteiger charge is -2.42. The van der Waals surface area contributed by atoms with Crippen molar-refractivity contribution >= 4 is 27.3 Å². The normalized spacial score (nSPS) is 15.8. The zero-order valence-corrected chi connectivity index (χ0v) is 18.9. The minimum Gasteiger partial charge on any atom is -0.428 e. The van der Waals surface area contributed by atoms with E-state index >= 15 is 0 Å². The molecule has 1 aromatic rings. The summed E-state index contributed by atoms with van der Waals surface area (Å²) in [5, 5.41) is 0. The SMILES string of the molecule is Nc1cc(N)c(Br)c(OC(F)=C(F)C(F)(F)C(F)(F)C(F)(F)C(F)(F)C(F)(F)C(F)(F)C(F)(F)C(F)(F)F)c1. The molecule has 1 aromatic carbocycles. The molecule has 39 heavy (non-hydrogen) atoms. The summed E-state index contributed by atoms with van der Waals surface area (Å²) in [6, 6.07) is -2.51. The Hall–Kier alpha value is -2.49. The van der Waals surface area contributed by atoms with Crippen molar-refractivity contribution in [1.82, 2.24) is 0 Å². The Labute approximate surface area is 209 Å². The number of rotatable bonds is 9.